The number of carbonyl (C=O) groups excluding carboxylic acids is 1. The standard InChI is InChI=1S/C24H17N5O3S2/c1-29-24(25-27-28-29)33-22-15-21(19-9-5-6-10-20(19)23(22)30)26-34(31,32)18-13-11-17(12-14-18)16-7-3-2-4-8-16/h2-15H,1H3/b26-21+. The van der Waals surface area contributed by atoms with E-state index >= 15 is 0 Å². The van der Waals surface area contributed by atoms with Gasteiger partial charge in [0.15, 0.2) is 0 Å². The Balaban J connectivity index is 1.54. The molecule has 1 aliphatic carbocycles. The summed E-state index contributed by atoms with van der Waals surface area (Å²) in [5, 5.41) is 11.6. The van der Waals surface area contributed by atoms with E-state index in [4.69, 9.17) is 0 Å². The average molecular weight is 488 g/mol. The van der Waals surface area contributed by atoms with Gasteiger partial charge in [-0.2, -0.15) is 12.8 Å². The summed E-state index contributed by atoms with van der Waals surface area (Å²) in [6.45, 7) is 0. The second-order valence-electron chi connectivity index (χ2n) is 7.41. The fourth-order valence-electron chi connectivity index (χ4n) is 3.49. The van der Waals surface area contributed by atoms with Crippen molar-refractivity contribution >= 4 is 33.3 Å². The summed E-state index contributed by atoms with van der Waals surface area (Å²) in [5.74, 6) is -0.243. The molecule has 1 aromatic heterocycles. The number of hydrogen-bond donors (Lipinski definition) is 0. The highest BCUT2D eigenvalue weighted by atomic mass is 32.2. The van der Waals surface area contributed by atoms with Crippen molar-refractivity contribution in [1.29, 1.82) is 0 Å². The number of benzene rings is 3. The minimum atomic E-state index is -4.04. The van der Waals surface area contributed by atoms with Gasteiger partial charge < -0.3 is 0 Å². The molecular weight excluding hydrogens is 470 g/mol. The first kappa shape index (κ1) is 21.9. The molecule has 0 unspecified atom stereocenters. The highest BCUT2D eigenvalue weighted by Crippen LogP contribution is 2.33. The summed E-state index contributed by atoms with van der Waals surface area (Å²) >= 11 is 1.06. The van der Waals surface area contributed by atoms with Gasteiger partial charge in [0.2, 0.25) is 10.9 Å². The molecule has 0 spiro atoms. The van der Waals surface area contributed by atoms with Crippen molar-refractivity contribution in [3.63, 3.8) is 0 Å². The minimum Gasteiger partial charge on any atom is -0.288 e. The molecule has 0 aliphatic heterocycles. The SMILES string of the molecule is Cn1nnnc1SC1=C/C(=N\S(=O)(=O)c2ccc(-c3ccccc3)cc2)c2ccccc2C1=O. The molecule has 0 radical (unpaired) electrons. The van der Waals surface area contributed by atoms with E-state index in [0.29, 0.717) is 16.3 Å². The number of sulfonamides is 1. The number of thioether (sulfide) groups is 1. The number of carbonyl (C=O) groups is 1. The molecule has 1 aliphatic rings. The monoisotopic (exact) mass is 487 g/mol. The van der Waals surface area contributed by atoms with Crippen LogP contribution in [0.25, 0.3) is 11.1 Å². The molecule has 1 heterocycles. The van der Waals surface area contributed by atoms with Gasteiger partial charge in [0.25, 0.3) is 10.0 Å². The number of allylic oxidation sites excluding steroid dienone is 2. The Kier molecular flexibility index (Phi) is 5.68. The zero-order chi connectivity index (χ0) is 23.7. The Morgan fingerprint density at radius 1 is 0.853 bits per heavy atom. The third-order valence-corrected chi connectivity index (χ3v) is 7.56. The molecule has 0 saturated heterocycles. The van der Waals surface area contributed by atoms with Crippen LogP contribution in [0.4, 0.5) is 0 Å². The van der Waals surface area contributed by atoms with E-state index in [1.165, 1.54) is 22.9 Å². The summed E-state index contributed by atoms with van der Waals surface area (Å²) in [4.78, 5) is 13.4. The molecule has 0 N–H and O–H groups in total. The van der Waals surface area contributed by atoms with Gasteiger partial charge in [-0.05, 0) is 51.5 Å². The van der Waals surface area contributed by atoms with E-state index < -0.39 is 10.0 Å². The summed E-state index contributed by atoms with van der Waals surface area (Å²) in [5.41, 5.74) is 2.89. The average Bonchev–Trinajstić information content (AvgIpc) is 3.27. The number of ketones is 1. The van der Waals surface area contributed by atoms with Crippen LogP contribution in [0.1, 0.15) is 15.9 Å². The zero-order valence-corrected chi connectivity index (χ0v) is 19.5. The smallest absolute Gasteiger partial charge is 0.282 e. The van der Waals surface area contributed by atoms with Gasteiger partial charge in [0.05, 0.1) is 15.5 Å². The fourth-order valence-corrected chi connectivity index (χ4v) is 5.31. The molecule has 168 valence electrons. The van der Waals surface area contributed by atoms with Gasteiger partial charge in [0.1, 0.15) is 0 Å². The molecule has 0 fully saturated rings. The first-order valence-electron chi connectivity index (χ1n) is 10.2. The fraction of sp³-hybridized carbons (Fsp3) is 0.0417. The molecule has 0 bridgehead atoms. The Bertz CT molecular complexity index is 1560. The summed E-state index contributed by atoms with van der Waals surface area (Å²) in [7, 11) is -2.38. The first-order valence-corrected chi connectivity index (χ1v) is 12.4. The second-order valence-corrected chi connectivity index (χ2v) is 10.0. The Hall–Kier alpha value is -3.89. The molecule has 34 heavy (non-hydrogen) atoms. The van der Waals surface area contributed by atoms with E-state index in [-0.39, 0.29) is 21.3 Å². The molecule has 0 amide bonds. The van der Waals surface area contributed by atoms with Crippen molar-refractivity contribution in [1.82, 2.24) is 20.2 Å². The lowest BCUT2D eigenvalue weighted by Gasteiger charge is -2.16. The van der Waals surface area contributed by atoms with E-state index in [2.05, 4.69) is 19.9 Å². The van der Waals surface area contributed by atoms with Gasteiger partial charge in [-0.15, -0.1) is 5.10 Å². The maximum absolute atomic E-state index is 13.2. The van der Waals surface area contributed by atoms with Gasteiger partial charge in [0, 0.05) is 18.2 Å². The lowest BCUT2D eigenvalue weighted by molar-refractivity contribution is 0.104. The van der Waals surface area contributed by atoms with E-state index in [0.717, 1.165) is 22.9 Å². The molecule has 10 heteroatoms. The zero-order valence-electron chi connectivity index (χ0n) is 17.9. The van der Waals surface area contributed by atoms with Gasteiger partial charge in [-0.1, -0.05) is 66.7 Å². The van der Waals surface area contributed by atoms with Crippen LogP contribution in [-0.4, -0.2) is 40.1 Å². The lowest BCUT2D eigenvalue weighted by Crippen LogP contribution is -2.17. The normalized spacial score (nSPS) is 14.7. The van der Waals surface area contributed by atoms with Crippen LogP contribution in [0.5, 0.6) is 0 Å². The predicted octanol–water partition coefficient (Wildman–Crippen LogP) is 3.93. The molecule has 0 saturated carbocycles. The van der Waals surface area contributed by atoms with Crippen LogP contribution >= 0.6 is 11.8 Å². The van der Waals surface area contributed by atoms with Crippen molar-refractivity contribution in [2.24, 2.45) is 11.4 Å². The lowest BCUT2D eigenvalue weighted by atomic mass is 9.94. The number of nitrogens with zero attached hydrogens (tertiary/aromatic N) is 5. The van der Waals surface area contributed by atoms with Crippen LogP contribution in [0.2, 0.25) is 0 Å². The van der Waals surface area contributed by atoms with Gasteiger partial charge in [-0.3, -0.25) is 4.79 Å². The van der Waals surface area contributed by atoms with E-state index in [1.807, 2.05) is 30.3 Å². The molecule has 3 aromatic carbocycles. The Labute approximate surface area is 200 Å². The molecular formula is C24H17N5O3S2. The van der Waals surface area contributed by atoms with Crippen molar-refractivity contribution < 1.29 is 13.2 Å². The summed E-state index contributed by atoms with van der Waals surface area (Å²) in [6.07, 6.45) is 1.47. The van der Waals surface area contributed by atoms with Crippen LogP contribution in [0.3, 0.4) is 0 Å². The van der Waals surface area contributed by atoms with Crippen molar-refractivity contribution in [3.05, 3.63) is 101 Å². The third kappa shape index (κ3) is 4.20. The maximum atomic E-state index is 13.2. The number of aryl methyl sites for hydroxylation is 1. The van der Waals surface area contributed by atoms with Crippen LogP contribution in [-0.2, 0) is 17.1 Å². The van der Waals surface area contributed by atoms with Gasteiger partial charge >= 0.3 is 0 Å². The van der Waals surface area contributed by atoms with Crippen LogP contribution in [0.15, 0.2) is 104 Å². The van der Waals surface area contributed by atoms with Crippen molar-refractivity contribution in [3.8, 4) is 11.1 Å². The van der Waals surface area contributed by atoms with Crippen molar-refractivity contribution in [2.45, 2.75) is 10.1 Å². The summed E-state index contributed by atoms with van der Waals surface area (Å²) < 4.78 is 31.9. The second kappa shape index (κ2) is 8.81. The number of hydrogen-bond acceptors (Lipinski definition) is 7. The summed E-state index contributed by atoms with van der Waals surface area (Å²) in [6, 6.07) is 23.0. The minimum absolute atomic E-state index is 0.0640. The highest BCUT2D eigenvalue weighted by Gasteiger charge is 2.27. The maximum Gasteiger partial charge on any atom is 0.282 e. The van der Waals surface area contributed by atoms with Crippen molar-refractivity contribution in [2.75, 3.05) is 0 Å². The molecule has 0 atom stereocenters. The highest BCUT2D eigenvalue weighted by molar-refractivity contribution is 8.04. The largest absolute Gasteiger partial charge is 0.288 e. The Morgan fingerprint density at radius 3 is 2.18 bits per heavy atom. The van der Waals surface area contributed by atoms with Crippen LogP contribution in [0, 0.1) is 0 Å². The number of Topliss-reactive ketones (excluding diaryl/α,β-unsaturated/α-hetero) is 1. The Morgan fingerprint density at radius 2 is 1.50 bits per heavy atom. The first-order chi connectivity index (χ1) is 16.4. The van der Waals surface area contributed by atoms with Crippen LogP contribution < -0.4 is 0 Å². The number of aromatic nitrogens is 4. The molecule has 4 aromatic rings. The third-order valence-electron chi connectivity index (χ3n) is 5.20. The van der Waals surface area contributed by atoms with Gasteiger partial charge in [-0.25, -0.2) is 4.68 Å². The van der Waals surface area contributed by atoms with E-state index in [9.17, 15) is 13.2 Å². The number of rotatable bonds is 5. The molecule has 8 nitrogen and oxygen atoms in total. The molecule has 5 rings (SSSR count). The topological polar surface area (TPSA) is 107 Å². The van der Waals surface area contributed by atoms with E-state index in [1.54, 1.807) is 43.4 Å². The quantitative estimate of drug-likeness (QED) is 0.420. The number of tetrazole rings is 1. The number of fused-ring (bicyclic) bond motifs is 1. The predicted molar refractivity (Wildman–Crippen MR) is 129 cm³/mol.